The Kier molecular flexibility index (Phi) is 2.49. The van der Waals surface area contributed by atoms with Crippen molar-refractivity contribution in [3.63, 3.8) is 0 Å². The zero-order chi connectivity index (χ0) is 10.8. The molecule has 1 aromatic rings. The molecule has 0 fully saturated rings. The molecule has 4 heteroatoms. The number of nitrogens with one attached hydrogen (secondary N) is 1. The van der Waals surface area contributed by atoms with Gasteiger partial charge in [-0.05, 0) is 25.5 Å². The van der Waals surface area contributed by atoms with Crippen LogP contribution >= 0.6 is 0 Å². The summed E-state index contributed by atoms with van der Waals surface area (Å²) in [6, 6.07) is 3.77. The highest BCUT2D eigenvalue weighted by atomic mass is 16.7. The van der Waals surface area contributed by atoms with Crippen LogP contribution in [0.1, 0.15) is 12.5 Å². The fraction of sp³-hybridized carbons (Fsp3) is 0.364. The number of carbonyl (C=O) groups is 1. The summed E-state index contributed by atoms with van der Waals surface area (Å²) in [5.41, 5.74) is 1.95. The van der Waals surface area contributed by atoms with Gasteiger partial charge in [0, 0.05) is 11.8 Å². The van der Waals surface area contributed by atoms with Gasteiger partial charge in [-0.15, -0.1) is 0 Å². The molecule has 0 radical (unpaired) electrons. The molecule has 0 aliphatic carbocycles. The highest BCUT2D eigenvalue weighted by Gasteiger charge is 2.15. The lowest BCUT2D eigenvalue weighted by Gasteiger charge is -2.08. The number of aryl methyl sites for hydroxylation is 1. The first kappa shape index (κ1) is 9.83. The molecule has 0 saturated heterocycles. The van der Waals surface area contributed by atoms with Crippen molar-refractivity contribution in [1.82, 2.24) is 0 Å². The van der Waals surface area contributed by atoms with Gasteiger partial charge in [0.1, 0.15) is 5.78 Å². The Labute approximate surface area is 88.2 Å². The predicted octanol–water partition coefficient (Wildman–Crippen LogP) is 1.72. The van der Waals surface area contributed by atoms with E-state index in [-0.39, 0.29) is 12.6 Å². The molecule has 4 nitrogen and oxygen atoms in total. The van der Waals surface area contributed by atoms with Gasteiger partial charge < -0.3 is 14.8 Å². The molecule has 0 spiro atoms. The van der Waals surface area contributed by atoms with Crippen molar-refractivity contribution < 1.29 is 14.3 Å². The summed E-state index contributed by atoms with van der Waals surface area (Å²) in [5, 5.41) is 3.06. The van der Waals surface area contributed by atoms with Crippen LogP contribution in [0.5, 0.6) is 11.5 Å². The van der Waals surface area contributed by atoms with E-state index >= 15 is 0 Å². The summed E-state index contributed by atoms with van der Waals surface area (Å²) in [4.78, 5) is 10.8. The third-order valence-corrected chi connectivity index (χ3v) is 2.25. The molecule has 0 unspecified atom stereocenters. The van der Waals surface area contributed by atoms with Crippen LogP contribution in [0.15, 0.2) is 12.1 Å². The van der Waals surface area contributed by atoms with Gasteiger partial charge in [-0.1, -0.05) is 0 Å². The quantitative estimate of drug-likeness (QED) is 0.819. The minimum atomic E-state index is 0.104. The summed E-state index contributed by atoms with van der Waals surface area (Å²) in [6.07, 6.45) is 0. The van der Waals surface area contributed by atoms with Crippen LogP contribution in [0.4, 0.5) is 5.69 Å². The second-order valence-corrected chi connectivity index (χ2v) is 3.58. The van der Waals surface area contributed by atoms with Crippen molar-refractivity contribution >= 4 is 11.5 Å². The molecule has 1 aromatic carbocycles. The molecule has 1 heterocycles. The average molecular weight is 207 g/mol. The monoisotopic (exact) mass is 207 g/mol. The fourth-order valence-corrected chi connectivity index (χ4v) is 1.45. The Bertz CT molecular complexity index is 401. The van der Waals surface area contributed by atoms with Gasteiger partial charge in [0.2, 0.25) is 6.79 Å². The zero-order valence-electron chi connectivity index (χ0n) is 8.79. The SMILES string of the molecule is CC(=O)CNc1cc2c(cc1C)OCO2. The number of benzene rings is 1. The van der Waals surface area contributed by atoms with Gasteiger partial charge in [0.25, 0.3) is 0 Å². The standard InChI is InChI=1S/C11H13NO3/c1-7-3-10-11(15-6-14-10)4-9(7)12-5-8(2)13/h3-4,12H,5-6H2,1-2H3. The van der Waals surface area contributed by atoms with Gasteiger partial charge in [-0.2, -0.15) is 0 Å². The van der Waals surface area contributed by atoms with E-state index in [4.69, 9.17) is 9.47 Å². The van der Waals surface area contributed by atoms with Crippen LogP contribution in [0, 0.1) is 6.92 Å². The highest BCUT2D eigenvalue weighted by molar-refractivity contribution is 5.80. The van der Waals surface area contributed by atoms with Gasteiger partial charge in [-0.25, -0.2) is 0 Å². The molecule has 0 amide bonds. The first-order valence-electron chi connectivity index (χ1n) is 4.80. The van der Waals surface area contributed by atoms with Crippen LogP contribution in [0.25, 0.3) is 0 Å². The lowest BCUT2D eigenvalue weighted by Crippen LogP contribution is -2.10. The Hall–Kier alpha value is -1.71. The minimum absolute atomic E-state index is 0.104. The number of hydrogen-bond acceptors (Lipinski definition) is 4. The average Bonchev–Trinajstić information content (AvgIpc) is 2.60. The number of rotatable bonds is 3. The Morgan fingerprint density at radius 1 is 1.40 bits per heavy atom. The maximum Gasteiger partial charge on any atom is 0.231 e. The van der Waals surface area contributed by atoms with E-state index in [1.54, 1.807) is 6.92 Å². The molecule has 0 aromatic heterocycles. The number of Topliss-reactive ketones (excluding diaryl/α,β-unsaturated/α-hetero) is 1. The summed E-state index contributed by atoms with van der Waals surface area (Å²) < 4.78 is 10.5. The lowest BCUT2D eigenvalue weighted by molar-refractivity contribution is -0.115. The second-order valence-electron chi connectivity index (χ2n) is 3.58. The molecule has 2 rings (SSSR count). The second kappa shape index (κ2) is 3.81. The summed E-state index contributed by atoms with van der Waals surface area (Å²) in [7, 11) is 0. The third kappa shape index (κ3) is 2.03. The van der Waals surface area contributed by atoms with Crippen molar-refractivity contribution in [1.29, 1.82) is 0 Å². The molecule has 80 valence electrons. The largest absolute Gasteiger partial charge is 0.454 e. The van der Waals surface area contributed by atoms with E-state index in [1.165, 1.54) is 0 Å². The Morgan fingerprint density at radius 2 is 2.07 bits per heavy atom. The summed E-state index contributed by atoms with van der Waals surface area (Å²) >= 11 is 0. The van der Waals surface area contributed by atoms with Crippen LogP contribution in [-0.4, -0.2) is 19.1 Å². The van der Waals surface area contributed by atoms with Crippen LogP contribution in [0.3, 0.4) is 0 Å². The third-order valence-electron chi connectivity index (χ3n) is 2.25. The molecule has 1 aliphatic heterocycles. The number of carbonyl (C=O) groups excluding carboxylic acids is 1. The zero-order valence-corrected chi connectivity index (χ0v) is 8.79. The molecule has 0 bridgehead atoms. The molecule has 0 atom stereocenters. The Morgan fingerprint density at radius 3 is 2.73 bits per heavy atom. The van der Waals surface area contributed by atoms with E-state index in [0.717, 1.165) is 22.7 Å². The van der Waals surface area contributed by atoms with E-state index in [9.17, 15) is 4.79 Å². The number of ether oxygens (including phenoxy) is 2. The molecule has 1 N–H and O–H groups in total. The van der Waals surface area contributed by atoms with E-state index in [0.29, 0.717) is 6.54 Å². The predicted molar refractivity (Wildman–Crippen MR) is 56.5 cm³/mol. The molecule has 0 saturated carbocycles. The van der Waals surface area contributed by atoms with Gasteiger partial charge >= 0.3 is 0 Å². The van der Waals surface area contributed by atoms with Crippen LogP contribution in [0.2, 0.25) is 0 Å². The molecule has 15 heavy (non-hydrogen) atoms. The first-order valence-corrected chi connectivity index (χ1v) is 4.80. The van der Waals surface area contributed by atoms with E-state index < -0.39 is 0 Å². The van der Waals surface area contributed by atoms with Crippen LogP contribution < -0.4 is 14.8 Å². The summed E-state index contributed by atoms with van der Waals surface area (Å²) in [5.74, 6) is 1.60. The van der Waals surface area contributed by atoms with Crippen molar-refractivity contribution in [2.24, 2.45) is 0 Å². The maximum absolute atomic E-state index is 10.8. The van der Waals surface area contributed by atoms with E-state index in [1.807, 2.05) is 19.1 Å². The summed E-state index contributed by atoms with van der Waals surface area (Å²) in [6.45, 7) is 4.12. The van der Waals surface area contributed by atoms with Gasteiger partial charge in [0.05, 0.1) is 6.54 Å². The maximum atomic E-state index is 10.8. The van der Waals surface area contributed by atoms with Gasteiger partial charge in [-0.3, -0.25) is 4.79 Å². The molecular formula is C11H13NO3. The fourth-order valence-electron chi connectivity index (χ4n) is 1.45. The lowest BCUT2D eigenvalue weighted by atomic mass is 10.1. The topological polar surface area (TPSA) is 47.6 Å². The number of fused-ring (bicyclic) bond motifs is 1. The van der Waals surface area contributed by atoms with Crippen molar-refractivity contribution in [2.75, 3.05) is 18.7 Å². The van der Waals surface area contributed by atoms with Crippen LogP contribution in [-0.2, 0) is 4.79 Å². The van der Waals surface area contributed by atoms with Crippen molar-refractivity contribution in [3.8, 4) is 11.5 Å². The highest BCUT2D eigenvalue weighted by Crippen LogP contribution is 2.36. The van der Waals surface area contributed by atoms with Gasteiger partial charge in [0.15, 0.2) is 11.5 Å². The van der Waals surface area contributed by atoms with Crippen molar-refractivity contribution in [3.05, 3.63) is 17.7 Å². The number of hydrogen-bond donors (Lipinski definition) is 1. The first-order chi connectivity index (χ1) is 7.16. The normalized spacial score (nSPS) is 12.7. The van der Waals surface area contributed by atoms with Crippen molar-refractivity contribution in [2.45, 2.75) is 13.8 Å². The minimum Gasteiger partial charge on any atom is -0.454 e. The molecular weight excluding hydrogens is 194 g/mol. The van der Waals surface area contributed by atoms with E-state index in [2.05, 4.69) is 5.32 Å². The Balaban J connectivity index is 2.21. The molecule has 1 aliphatic rings. The smallest absolute Gasteiger partial charge is 0.231 e. The number of ketones is 1. The number of anilines is 1.